The van der Waals surface area contributed by atoms with Gasteiger partial charge in [-0.05, 0) is 38.7 Å². The van der Waals surface area contributed by atoms with Gasteiger partial charge in [-0.1, -0.05) is 6.07 Å². The monoisotopic (exact) mass is 223 g/mol. The number of hydrogen-bond donors (Lipinski definition) is 2. The van der Waals surface area contributed by atoms with E-state index >= 15 is 0 Å². The molecule has 2 nitrogen and oxygen atoms in total. The van der Waals surface area contributed by atoms with E-state index in [2.05, 4.69) is 12.2 Å². The zero-order valence-corrected chi connectivity index (χ0v) is 9.70. The van der Waals surface area contributed by atoms with Gasteiger partial charge in [0.1, 0.15) is 11.6 Å². The lowest BCUT2D eigenvalue weighted by Gasteiger charge is -2.20. The number of aromatic hydroxyl groups is 1. The molecule has 0 amide bonds. The highest BCUT2D eigenvalue weighted by molar-refractivity contribution is 5.29. The first-order valence-corrected chi connectivity index (χ1v) is 5.82. The Kier molecular flexibility index (Phi) is 3.15. The van der Waals surface area contributed by atoms with Crippen LogP contribution in [0.1, 0.15) is 38.3 Å². The van der Waals surface area contributed by atoms with Gasteiger partial charge in [-0.3, -0.25) is 0 Å². The largest absolute Gasteiger partial charge is 0.508 e. The maximum Gasteiger partial charge on any atom is 0.131 e. The number of nitrogens with one attached hydrogen (secondary N) is 1. The maximum absolute atomic E-state index is 13.6. The van der Waals surface area contributed by atoms with E-state index < -0.39 is 0 Å². The summed E-state index contributed by atoms with van der Waals surface area (Å²) in [7, 11) is 0. The fraction of sp³-hybridized carbons (Fsp3) is 0.538. The summed E-state index contributed by atoms with van der Waals surface area (Å²) in [6, 6.07) is 4.75. The van der Waals surface area contributed by atoms with Crippen LogP contribution >= 0.6 is 0 Å². The van der Waals surface area contributed by atoms with Gasteiger partial charge >= 0.3 is 0 Å². The molecule has 0 spiro atoms. The Hall–Kier alpha value is -1.09. The molecule has 1 saturated carbocycles. The summed E-state index contributed by atoms with van der Waals surface area (Å²) in [6.45, 7) is 4.10. The minimum atomic E-state index is -0.344. The van der Waals surface area contributed by atoms with Crippen molar-refractivity contribution >= 4 is 0 Å². The molecule has 1 fully saturated rings. The SMILES string of the molecule is CC(NC(C)C1CC1)c1ccc(O)cc1F. The molecule has 2 rings (SSSR count). The molecule has 1 aromatic carbocycles. The minimum Gasteiger partial charge on any atom is -0.508 e. The second-order valence-electron chi connectivity index (χ2n) is 4.72. The number of phenolic OH excluding ortho intramolecular Hbond substituents is 1. The Morgan fingerprint density at radius 3 is 2.62 bits per heavy atom. The summed E-state index contributed by atoms with van der Waals surface area (Å²) < 4.78 is 13.6. The van der Waals surface area contributed by atoms with Crippen molar-refractivity contribution in [2.75, 3.05) is 0 Å². The summed E-state index contributed by atoms with van der Waals surface area (Å²) >= 11 is 0. The van der Waals surface area contributed by atoms with Gasteiger partial charge < -0.3 is 10.4 Å². The molecule has 3 heteroatoms. The number of halogens is 1. The van der Waals surface area contributed by atoms with Gasteiger partial charge in [-0.15, -0.1) is 0 Å². The molecule has 1 aliphatic carbocycles. The molecule has 2 N–H and O–H groups in total. The van der Waals surface area contributed by atoms with Gasteiger partial charge in [0, 0.05) is 23.7 Å². The van der Waals surface area contributed by atoms with E-state index in [-0.39, 0.29) is 17.6 Å². The Bertz CT molecular complexity index is 376. The molecule has 88 valence electrons. The summed E-state index contributed by atoms with van der Waals surface area (Å²) in [6.07, 6.45) is 2.55. The first-order chi connectivity index (χ1) is 7.58. The smallest absolute Gasteiger partial charge is 0.131 e. The molecule has 2 unspecified atom stereocenters. The lowest BCUT2D eigenvalue weighted by atomic mass is 10.1. The molecule has 0 saturated heterocycles. The molecule has 0 heterocycles. The fourth-order valence-corrected chi connectivity index (χ4v) is 2.08. The van der Waals surface area contributed by atoms with Crippen LogP contribution in [0.25, 0.3) is 0 Å². The van der Waals surface area contributed by atoms with Gasteiger partial charge in [0.05, 0.1) is 0 Å². The number of rotatable bonds is 4. The summed E-state index contributed by atoms with van der Waals surface area (Å²) in [5.74, 6) is 0.384. The van der Waals surface area contributed by atoms with Crippen LogP contribution in [0.2, 0.25) is 0 Å². The number of phenols is 1. The van der Waals surface area contributed by atoms with Crippen molar-refractivity contribution in [1.29, 1.82) is 0 Å². The zero-order chi connectivity index (χ0) is 11.7. The first kappa shape index (κ1) is 11.4. The second kappa shape index (κ2) is 4.42. The standard InChI is InChI=1S/C13H18FNO/c1-8(10-3-4-10)15-9(2)12-6-5-11(16)7-13(12)14/h5-10,15-16H,3-4H2,1-2H3. The number of hydrogen-bond acceptors (Lipinski definition) is 2. The Morgan fingerprint density at radius 2 is 2.06 bits per heavy atom. The van der Waals surface area contributed by atoms with Crippen molar-refractivity contribution in [2.45, 2.75) is 38.8 Å². The molecular weight excluding hydrogens is 205 g/mol. The minimum absolute atomic E-state index is 0.0174. The summed E-state index contributed by atoms with van der Waals surface area (Å²) in [4.78, 5) is 0. The molecule has 16 heavy (non-hydrogen) atoms. The molecule has 0 aliphatic heterocycles. The predicted octanol–water partition coefficient (Wildman–Crippen LogP) is 2.98. The molecule has 2 atom stereocenters. The van der Waals surface area contributed by atoms with Crippen LogP contribution in [0.5, 0.6) is 5.75 Å². The highest BCUT2D eigenvalue weighted by Gasteiger charge is 2.29. The molecule has 1 aromatic rings. The van der Waals surface area contributed by atoms with E-state index in [1.807, 2.05) is 6.92 Å². The molecule has 0 bridgehead atoms. The van der Waals surface area contributed by atoms with Crippen molar-refractivity contribution in [3.63, 3.8) is 0 Å². The first-order valence-electron chi connectivity index (χ1n) is 5.82. The third kappa shape index (κ3) is 2.53. The quantitative estimate of drug-likeness (QED) is 0.822. The topological polar surface area (TPSA) is 32.3 Å². The van der Waals surface area contributed by atoms with Crippen LogP contribution in [0.4, 0.5) is 4.39 Å². The van der Waals surface area contributed by atoms with Gasteiger partial charge in [0.2, 0.25) is 0 Å². The zero-order valence-electron chi connectivity index (χ0n) is 9.70. The normalized spacial score (nSPS) is 19.4. The second-order valence-corrected chi connectivity index (χ2v) is 4.72. The lowest BCUT2D eigenvalue weighted by Crippen LogP contribution is -2.30. The van der Waals surface area contributed by atoms with Crippen LogP contribution in [0.3, 0.4) is 0 Å². The van der Waals surface area contributed by atoms with Gasteiger partial charge in [-0.25, -0.2) is 4.39 Å². The van der Waals surface area contributed by atoms with E-state index in [4.69, 9.17) is 5.11 Å². The Labute approximate surface area is 95.5 Å². The van der Waals surface area contributed by atoms with E-state index in [0.29, 0.717) is 11.6 Å². The van der Waals surface area contributed by atoms with Gasteiger partial charge in [-0.2, -0.15) is 0 Å². The summed E-state index contributed by atoms with van der Waals surface area (Å²) in [5.41, 5.74) is 0.616. The van der Waals surface area contributed by atoms with Crippen LogP contribution in [-0.4, -0.2) is 11.1 Å². The molecule has 0 radical (unpaired) electrons. The van der Waals surface area contributed by atoms with Crippen molar-refractivity contribution < 1.29 is 9.50 Å². The molecule has 0 aromatic heterocycles. The average Bonchev–Trinajstić information content (AvgIpc) is 2.99. The van der Waals surface area contributed by atoms with E-state index in [1.54, 1.807) is 6.07 Å². The van der Waals surface area contributed by atoms with Crippen LogP contribution in [-0.2, 0) is 0 Å². The molecule has 1 aliphatic rings. The predicted molar refractivity (Wildman–Crippen MR) is 61.8 cm³/mol. The lowest BCUT2D eigenvalue weighted by molar-refractivity contribution is 0.426. The molecular formula is C13H18FNO. The third-order valence-corrected chi connectivity index (χ3v) is 3.29. The maximum atomic E-state index is 13.6. The van der Waals surface area contributed by atoms with E-state index in [0.717, 1.165) is 12.0 Å². The third-order valence-electron chi connectivity index (χ3n) is 3.29. The van der Waals surface area contributed by atoms with E-state index in [9.17, 15) is 4.39 Å². The summed E-state index contributed by atoms with van der Waals surface area (Å²) in [5, 5.41) is 12.5. The van der Waals surface area contributed by atoms with Gasteiger partial charge in [0.15, 0.2) is 0 Å². The fourth-order valence-electron chi connectivity index (χ4n) is 2.08. The highest BCUT2D eigenvalue weighted by Crippen LogP contribution is 2.33. The van der Waals surface area contributed by atoms with Crippen molar-refractivity contribution in [2.24, 2.45) is 5.92 Å². The van der Waals surface area contributed by atoms with Crippen LogP contribution in [0, 0.1) is 11.7 Å². The van der Waals surface area contributed by atoms with Gasteiger partial charge in [0.25, 0.3) is 0 Å². The van der Waals surface area contributed by atoms with Crippen molar-refractivity contribution in [1.82, 2.24) is 5.32 Å². The van der Waals surface area contributed by atoms with E-state index in [1.165, 1.54) is 18.9 Å². The van der Waals surface area contributed by atoms with Crippen LogP contribution in [0.15, 0.2) is 18.2 Å². The number of benzene rings is 1. The van der Waals surface area contributed by atoms with Crippen molar-refractivity contribution in [3.8, 4) is 5.75 Å². The average molecular weight is 223 g/mol. The Balaban J connectivity index is 2.04. The highest BCUT2D eigenvalue weighted by atomic mass is 19.1. The Morgan fingerprint density at radius 1 is 1.38 bits per heavy atom. The van der Waals surface area contributed by atoms with Crippen LogP contribution < -0.4 is 5.32 Å². The van der Waals surface area contributed by atoms with Crippen molar-refractivity contribution in [3.05, 3.63) is 29.6 Å².